The zero-order chi connectivity index (χ0) is 17.4. The van der Waals surface area contributed by atoms with Crippen LogP contribution in [0.3, 0.4) is 0 Å². The minimum absolute atomic E-state index is 0.210. The summed E-state index contributed by atoms with van der Waals surface area (Å²) in [4.78, 5) is 17.2. The summed E-state index contributed by atoms with van der Waals surface area (Å²) < 4.78 is 0. The molecular weight excluding hydrogens is 336 g/mol. The molecule has 0 atom stereocenters. The van der Waals surface area contributed by atoms with Gasteiger partial charge in [0, 0.05) is 28.5 Å². The lowest BCUT2D eigenvalue weighted by Crippen LogP contribution is -2.05. The van der Waals surface area contributed by atoms with Crippen molar-refractivity contribution in [1.29, 1.82) is 0 Å². The van der Waals surface area contributed by atoms with Crippen LogP contribution in [-0.4, -0.2) is 19.9 Å². The van der Waals surface area contributed by atoms with E-state index in [-0.39, 0.29) is 11.9 Å². The molecule has 0 saturated heterocycles. The van der Waals surface area contributed by atoms with Gasteiger partial charge < -0.3 is 11.5 Å². The molecule has 0 unspecified atom stereocenters. The van der Waals surface area contributed by atoms with Crippen molar-refractivity contribution >= 4 is 23.5 Å². The van der Waals surface area contributed by atoms with Crippen molar-refractivity contribution < 1.29 is 0 Å². The first kappa shape index (κ1) is 15.8. The number of halogens is 1. The maximum Gasteiger partial charge on any atom is 0.220 e. The first-order chi connectivity index (χ1) is 12.1. The second-order valence-electron chi connectivity index (χ2n) is 6.23. The molecule has 2 aromatic heterocycles. The third kappa shape index (κ3) is 3.39. The molecule has 0 spiro atoms. The summed E-state index contributed by atoms with van der Waals surface area (Å²) in [6.45, 7) is 0. The average Bonchev–Trinajstić information content (AvgIpc) is 3.40. The second-order valence-corrected chi connectivity index (χ2v) is 6.67. The van der Waals surface area contributed by atoms with Crippen LogP contribution in [0.25, 0.3) is 22.4 Å². The quantitative estimate of drug-likeness (QED) is 0.746. The monoisotopic (exact) mass is 352 g/mol. The SMILES string of the molecule is Nc1ncc(-c2nc(N)ncc2-c2ccc(Cl)cc2)c(CC2CC2)n1. The summed E-state index contributed by atoms with van der Waals surface area (Å²) >= 11 is 6.00. The molecule has 3 aromatic rings. The minimum atomic E-state index is 0.210. The number of nitrogens with zero attached hydrogens (tertiary/aromatic N) is 4. The van der Waals surface area contributed by atoms with Crippen LogP contribution in [0.1, 0.15) is 18.5 Å². The third-order valence-electron chi connectivity index (χ3n) is 4.28. The Kier molecular flexibility index (Phi) is 3.97. The van der Waals surface area contributed by atoms with E-state index in [9.17, 15) is 0 Å². The number of rotatable bonds is 4. The fraction of sp³-hybridized carbons (Fsp3) is 0.222. The van der Waals surface area contributed by atoms with Crippen molar-refractivity contribution in [2.45, 2.75) is 19.3 Å². The van der Waals surface area contributed by atoms with Gasteiger partial charge in [0.25, 0.3) is 0 Å². The maximum absolute atomic E-state index is 6.00. The first-order valence-corrected chi connectivity index (χ1v) is 8.48. The standard InChI is InChI=1S/C18H17ClN6/c19-12-5-3-11(4-6-12)13-8-22-18(21)25-16(13)14-9-23-17(20)24-15(14)7-10-1-2-10/h3-6,8-10H,1-2,7H2,(H2,20,23,24)(H2,21,22,25). The van der Waals surface area contributed by atoms with Gasteiger partial charge in [-0.25, -0.2) is 19.9 Å². The molecule has 1 aromatic carbocycles. The van der Waals surface area contributed by atoms with E-state index in [1.807, 2.05) is 24.3 Å². The van der Waals surface area contributed by atoms with Crippen LogP contribution in [0, 0.1) is 5.92 Å². The highest BCUT2D eigenvalue weighted by atomic mass is 35.5. The van der Waals surface area contributed by atoms with E-state index in [2.05, 4.69) is 19.9 Å². The van der Waals surface area contributed by atoms with Crippen LogP contribution in [0.2, 0.25) is 5.02 Å². The van der Waals surface area contributed by atoms with E-state index in [0.29, 0.717) is 16.6 Å². The van der Waals surface area contributed by atoms with Crippen molar-refractivity contribution in [3.8, 4) is 22.4 Å². The molecule has 0 aliphatic heterocycles. The molecule has 1 fully saturated rings. The number of anilines is 2. The van der Waals surface area contributed by atoms with Crippen molar-refractivity contribution in [3.05, 3.63) is 47.4 Å². The molecule has 0 amide bonds. The molecule has 0 radical (unpaired) electrons. The summed E-state index contributed by atoms with van der Waals surface area (Å²) in [5.74, 6) is 1.14. The van der Waals surface area contributed by atoms with E-state index in [4.69, 9.17) is 23.1 Å². The lowest BCUT2D eigenvalue weighted by Gasteiger charge is -2.13. The van der Waals surface area contributed by atoms with Gasteiger partial charge in [-0.2, -0.15) is 0 Å². The van der Waals surface area contributed by atoms with Crippen molar-refractivity contribution in [1.82, 2.24) is 19.9 Å². The van der Waals surface area contributed by atoms with Gasteiger partial charge in [0.15, 0.2) is 0 Å². The van der Waals surface area contributed by atoms with Crippen LogP contribution >= 0.6 is 11.6 Å². The summed E-state index contributed by atoms with van der Waals surface area (Å²) in [6, 6.07) is 7.53. The normalized spacial score (nSPS) is 13.8. The number of aromatic nitrogens is 4. The Balaban J connectivity index is 1.87. The summed E-state index contributed by atoms with van der Waals surface area (Å²) in [7, 11) is 0. The number of hydrogen-bond acceptors (Lipinski definition) is 6. The molecule has 1 aliphatic rings. The number of nitrogen functional groups attached to an aromatic ring is 2. The Labute approximate surface area is 150 Å². The molecule has 4 N–H and O–H groups in total. The van der Waals surface area contributed by atoms with Gasteiger partial charge in [-0.3, -0.25) is 0 Å². The highest BCUT2D eigenvalue weighted by Crippen LogP contribution is 2.37. The second kappa shape index (κ2) is 6.29. The van der Waals surface area contributed by atoms with Gasteiger partial charge in [0.2, 0.25) is 11.9 Å². The van der Waals surface area contributed by atoms with Crippen molar-refractivity contribution in [2.24, 2.45) is 5.92 Å². The molecule has 1 saturated carbocycles. The zero-order valence-electron chi connectivity index (χ0n) is 13.5. The van der Waals surface area contributed by atoms with E-state index >= 15 is 0 Å². The third-order valence-corrected chi connectivity index (χ3v) is 4.53. The summed E-state index contributed by atoms with van der Waals surface area (Å²) in [6.07, 6.45) is 6.75. The molecule has 4 rings (SSSR count). The fourth-order valence-electron chi connectivity index (χ4n) is 2.82. The summed E-state index contributed by atoms with van der Waals surface area (Å²) in [5.41, 5.74) is 15.9. The first-order valence-electron chi connectivity index (χ1n) is 8.10. The van der Waals surface area contributed by atoms with E-state index in [0.717, 1.165) is 28.8 Å². The van der Waals surface area contributed by atoms with E-state index < -0.39 is 0 Å². The van der Waals surface area contributed by atoms with Gasteiger partial charge >= 0.3 is 0 Å². The fourth-order valence-corrected chi connectivity index (χ4v) is 2.95. The Morgan fingerprint density at radius 2 is 1.56 bits per heavy atom. The Bertz CT molecular complexity index is 921. The molecule has 2 heterocycles. The molecule has 6 nitrogen and oxygen atoms in total. The predicted molar refractivity (Wildman–Crippen MR) is 98.8 cm³/mol. The highest BCUT2D eigenvalue weighted by molar-refractivity contribution is 6.30. The van der Waals surface area contributed by atoms with Crippen LogP contribution < -0.4 is 11.5 Å². The van der Waals surface area contributed by atoms with Crippen LogP contribution in [0.5, 0.6) is 0 Å². The van der Waals surface area contributed by atoms with Crippen molar-refractivity contribution in [2.75, 3.05) is 11.5 Å². The molecule has 7 heteroatoms. The van der Waals surface area contributed by atoms with Gasteiger partial charge in [0.1, 0.15) is 0 Å². The molecule has 1 aliphatic carbocycles. The van der Waals surface area contributed by atoms with Crippen LogP contribution in [-0.2, 0) is 6.42 Å². The predicted octanol–water partition coefficient (Wildman–Crippen LogP) is 3.37. The van der Waals surface area contributed by atoms with Gasteiger partial charge in [0.05, 0.1) is 11.4 Å². The maximum atomic E-state index is 6.00. The Morgan fingerprint density at radius 1 is 0.920 bits per heavy atom. The molecular formula is C18H17ClN6. The zero-order valence-corrected chi connectivity index (χ0v) is 14.2. The van der Waals surface area contributed by atoms with Gasteiger partial charge in [-0.15, -0.1) is 0 Å². The van der Waals surface area contributed by atoms with Crippen LogP contribution in [0.4, 0.5) is 11.9 Å². The Hall–Kier alpha value is -2.73. The highest BCUT2D eigenvalue weighted by Gasteiger charge is 2.25. The van der Waals surface area contributed by atoms with Gasteiger partial charge in [-0.05, 0) is 42.9 Å². The largest absolute Gasteiger partial charge is 0.368 e. The number of nitrogens with two attached hydrogens (primary N) is 2. The number of benzene rings is 1. The molecule has 25 heavy (non-hydrogen) atoms. The smallest absolute Gasteiger partial charge is 0.220 e. The molecule has 0 bridgehead atoms. The average molecular weight is 353 g/mol. The van der Waals surface area contributed by atoms with E-state index in [1.165, 1.54) is 12.8 Å². The van der Waals surface area contributed by atoms with Crippen LogP contribution in [0.15, 0.2) is 36.7 Å². The summed E-state index contributed by atoms with van der Waals surface area (Å²) in [5, 5.41) is 0.673. The van der Waals surface area contributed by atoms with E-state index in [1.54, 1.807) is 12.4 Å². The lowest BCUT2D eigenvalue weighted by molar-refractivity contribution is 0.802. The lowest BCUT2D eigenvalue weighted by atomic mass is 9.99. The van der Waals surface area contributed by atoms with Gasteiger partial charge in [-0.1, -0.05) is 23.7 Å². The van der Waals surface area contributed by atoms with Crippen molar-refractivity contribution in [3.63, 3.8) is 0 Å². The molecule has 126 valence electrons. The Morgan fingerprint density at radius 3 is 2.24 bits per heavy atom. The number of hydrogen-bond donors (Lipinski definition) is 2. The minimum Gasteiger partial charge on any atom is -0.368 e. The topological polar surface area (TPSA) is 104 Å².